The van der Waals surface area contributed by atoms with E-state index in [1.165, 1.54) is 12.8 Å². The van der Waals surface area contributed by atoms with E-state index in [1.54, 1.807) is 32.4 Å². The first-order chi connectivity index (χ1) is 10.2. The predicted octanol–water partition coefficient (Wildman–Crippen LogP) is 2.81. The van der Waals surface area contributed by atoms with Gasteiger partial charge in [0.1, 0.15) is 0 Å². The van der Waals surface area contributed by atoms with Crippen LogP contribution in [0.4, 0.5) is 5.69 Å². The fraction of sp³-hybridized carbons (Fsp3) is 0.562. The molecule has 0 saturated carbocycles. The van der Waals surface area contributed by atoms with Crippen molar-refractivity contribution in [1.82, 2.24) is 5.32 Å². The summed E-state index contributed by atoms with van der Waals surface area (Å²) in [4.78, 5) is 11.8. The highest BCUT2D eigenvalue weighted by atomic mass is 16.5. The molecule has 0 aromatic heterocycles. The van der Waals surface area contributed by atoms with Crippen molar-refractivity contribution in [2.45, 2.75) is 32.6 Å². The lowest BCUT2D eigenvalue weighted by Gasteiger charge is -2.10. The van der Waals surface area contributed by atoms with Crippen LogP contribution >= 0.6 is 0 Å². The number of benzene rings is 1. The summed E-state index contributed by atoms with van der Waals surface area (Å²) in [5.41, 5.74) is 0.712. The Bertz CT molecular complexity index is 436. The molecule has 0 unspecified atom stereocenters. The van der Waals surface area contributed by atoms with E-state index in [0.717, 1.165) is 13.0 Å². The third-order valence-corrected chi connectivity index (χ3v) is 3.15. The number of rotatable bonds is 10. The smallest absolute Gasteiger partial charge is 0.225 e. The van der Waals surface area contributed by atoms with Crippen molar-refractivity contribution in [3.05, 3.63) is 18.2 Å². The number of carbonyl (C=O) groups is 1. The van der Waals surface area contributed by atoms with E-state index in [2.05, 4.69) is 17.6 Å². The van der Waals surface area contributed by atoms with Crippen molar-refractivity contribution in [2.75, 3.05) is 32.6 Å². The summed E-state index contributed by atoms with van der Waals surface area (Å²) in [6.07, 6.45) is 4.06. The second kappa shape index (κ2) is 10.0. The maximum absolute atomic E-state index is 11.8. The molecule has 0 saturated heterocycles. The molecule has 5 heteroatoms. The summed E-state index contributed by atoms with van der Waals surface area (Å²) in [7, 11) is 3.16. The van der Waals surface area contributed by atoms with Gasteiger partial charge in [-0.15, -0.1) is 0 Å². The number of ether oxygens (including phenoxy) is 2. The van der Waals surface area contributed by atoms with Crippen LogP contribution < -0.4 is 20.1 Å². The molecule has 1 rings (SSSR count). The lowest BCUT2D eigenvalue weighted by Crippen LogP contribution is -2.22. The van der Waals surface area contributed by atoms with Gasteiger partial charge < -0.3 is 20.1 Å². The minimum atomic E-state index is -0.00906. The molecule has 0 fully saturated rings. The van der Waals surface area contributed by atoms with E-state index < -0.39 is 0 Å². The zero-order valence-corrected chi connectivity index (χ0v) is 13.2. The Balaban J connectivity index is 2.34. The Hall–Kier alpha value is -1.75. The molecular weight excluding hydrogens is 268 g/mol. The SMILES string of the molecule is CCCCCNCCC(=O)Nc1ccc(OC)c(OC)c1. The quantitative estimate of drug-likeness (QED) is 0.651. The number of methoxy groups -OCH3 is 2. The van der Waals surface area contributed by atoms with Crippen molar-refractivity contribution in [3.8, 4) is 11.5 Å². The highest BCUT2D eigenvalue weighted by Gasteiger charge is 2.07. The number of hydrogen-bond acceptors (Lipinski definition) is 4. The van der Waals surface area contributed by atoms with Crippen molar-refractivity contribution >= 4 is 11.6 Å². The van der Waals surface area contributed by atoms with Gasteiger partial charge in [0.2, 0.25) is 5.91 Å². The maximum atomic E-state index is 11.8. The Morgan fingerprint density at radius 2 is 1.86 bits per heavy atom. The molecule has 1 amide bonds. The van der Waals surface area contributed by atoms with Gasteiger partial charge >= 0.3 is 0 Å². The fourth-order valence-electron chi connectivity index (χ4n) is 1.96. The van der Waals surface area contributed by atoms with E-state index >= 15 is 0 Å². The van der Waals surface area contributed by atoms with Crippen molar-refractivity contribution in [3.63, 3.8) is 0 Å². The summed E-state index contributed by atoms with van der Waals surface area (Å²) in [5, 5.41) is 6.13. The lowest BCUT2D eigenvalue weighted by molar-refractivity contribution is -0.116. The molecule has 0 aliphatic heterocycles. The molecule has 0 aliphatic carbocycles. The van der Waals surface area contributed by atoms with Gasteiger partial charge in [-0.2, -0.15) is 0 Å². The van der Waals surface area contributed by atoms with Crippen LogP contribution in [0, 0.1) is 0 Å². The Labute approximate surface area is 127 Å². The first-order valence-electron chi connectivity index (χ1n) is 7.43. The Morgan fingerprint density at radius 3 is 2.52 bits per heavy atom. The van der Waals surface area contributed by atoms with Gasteiger partial charge in [0.25, 0.3) is 0 Å². The third-order valence-electron chi connectivity index (χ3n) is 3.15. The van der Waals surface area contributed by atoms with Crippen LogP contribution in [-0.4, -0.2) is 33.2 Å². The molecule has 118 valence electrons. The van der Waals surface area contributed by atoms with E-state index in [4.69, 9.17) is 9.47 Å². The number of carbonyl (C=O) groups excluding carboxylic acids is 1. The van der Waals surface area contributed by atoms with Crippen LogP contribution in [-0.2, 0) is 4.79 Å². The predicted molar refractivity (Wildman–Crippen MR) is 85.2 cm³/mol. The highest BCUT2D eigenvalue weighted by Crippen LogP contribution is 2.29. The molecule has 0 spiro atoms. The summed E-state index contributed by atoms with van der Waals surface area (Å²) >= 11 is 0. The van der Waals surface area contributed by atoms with Crippen LogP contribution in [0.15, 0.2) is 18.2 Å². The third kappa shape index (κ3) is 6.49. The molecular formula is C16H26N2O3. The van der Waals surface area contributed by atoms with Gasteiger partial charge in [-0.25, -0.2) is 0 Å². The molecule has 21 heavy (non-hydrogen) atoms. The van der Waals surface area contributed by atoms with Crippen molar-refractivity contribution < 1.29 is 14.3 Å². The van der Waals surface area contributed by atoms with Gasteiger partial charge in [-0.3, -0.25) is 4.79 Å². The number of amides is 1. The molecule has 2 N–H and O–H groups in total. The van der Waals surface area contributed by atoms with E-state index in [1.807, 2.05) is 0 Å². The molecule has 0 heterocycles. The van der Waals surface area contributed by atoms with Gasteiger partial charge in [-0.05, 0) is 25.1 Å². The van der Waals surface area contributed by atoms with E-state index in [0.29, 0.717) is 30.2 Å². The summed E-state index contributed by atoms with van der Waals surface area (Å²) < 4.78 is 10.4. The minimum absolute atomic E-state index is 0.00906. The van der Waals surface area contributed by atoms with Gasteiger partial charge in [0.15, 0.2) is 11.5 Å². The average Bonchev–Trinajstić information content (AvgIpc) is 2.50. The Kier molecular flexibility index (Phi) is 8.28. The molecule has 0 bridgehead atoms. The van der Waals surface area contributed by atoms with Gasteiger partial charge in [-0.1, -0.05) is 19.8 Å². The van der Waals surface area contributed by atoms with Crippen LogP contribution in [0.1, 0.15) is 32.6 Å². The van der Waals surface area contributed by atoms with Crippen LogP contribution in [0.5, 0.6) is 11.5 Å². The fourth-order valence-corrected chi connectivity index (χ4v) is 1.96. The maximum Gasteiger partial charge on any atom is 0.225 e. The summed E-state index contributed by atoms with van der Waals surface area (Å²) in [6.45, 7) is 3.84. The second-order valence-corrected chi connectivity index (χ2v) is 4.83. The normalized spacial score (nSPS) is 10.2. The molecule has 1 aromatic rings. The largest absolute Gasteiger partial charge is 0.493 e. The highest BCUT2D eigenvalue weighted by molar-refractivity contribution is 5.91. The summed E-state index contributed by atoms with van der Waals surface area (Å²) in [5.74, 6) is 1.24. The zero-order valence-electron chi connectivity index (χ0n) is 13.2. The molecule has 5 nitrogen and oxygen atoms in total. The van der Waals surface area contributed by atoms with Crippen molar-refractivity contribution in [2.24, 2.45) is 0 Å². The van der Waals surface area contributed by atoms with Crippen molar-refractivity contribution in [1.29, 1.82) is 0 Å². The van der Waals surface area contributed by atoms with E-state index in [-0.39, 0.29) is 5.91 Å². The number of anilines is 1. The Morgan fingerprint density at radius 1 is 1.10 bits per heavy atom. The minimum Gasteiger partial charge on any atom is -0.493 e. The number of unbranched alkanes of at least 4 members (excludes halogenated alkanes) is 2. The molecule has 0 radical (unpaired) electrons. The molecule has 0 aliphatic rings. The molecule has 1 aromatic carbocycles. The van der Waals surface area contributed by atoms with Crippen LogP contribution in [0.3, 0.4) is 0 Å². The standard InChI is InChI=1S/C16H26N2O3/c1-4-5-6-10-17-11-9-16(19)18-13-7-8-14(20-2)15(12-13)21-3/h7-8,12,17H,4-6,9-11H2,1-3H3,(H,18,19). The average molecular weight is 294 g/mol. The monoisotopic (exact) mass is 294 g/mol. The first-order valence-corrected chi connectivity index (χ1v) is 7.43. The number of nitrogens with one attached hydrogen (secondary N) is 2. The first kappa shape index (κ1) is 17.3. The van der Waals surface area contributed by atoms with Crippen LogP contribution in [0.25, 0.3) is 0 Å². The van der Waals surface area contributed by atoms with E-state index in [9.17, 15) is 4.79 Å². The lowest BCUT2D eigenvalue weighted by atomic mass is 10.2. The number of hydrogen-bond donors (Lipinski definition) is 2. The topological polar surface area (TPSA) is 59.6 Å². The summed E-state index contributed by atoms with van der Waals surface area (Å²) in [6, 6.07) is 5.33. The molecule has 0 atom stereocenters. The zero-order chi connectivity index (χ0) is 15.5. The van der Waals surface area contributed by atoms with Gasteiger partial charge in [0, 0.05) is 24.7 Å². The van der Waals surface area contributed by atoms with Crippen LogP contribution in [0.2, 0.25) is 0 Å². The second-order valence-electron chi connectivity index (χ2n) is 4.83. The van der Waals surface area contributed by atoms with Gasteiger partial charge in [0.05, 0.1) is 14.2 Å².